The van der Waals surface area contributed by atoms with Gasteiger partial charge in [0.1, 0.15) is 12.4 Å². The first kappa shape index (κ1) is 18.6. The molecule has 0 fully saturated rings. The summed E-state index contributed by atoms with van der Waals surface area (Å²) >= 11 is 5.66. The van der Waals surface area contributed by atoms with E-state index in [1.54, 1.807) is 23.1 Å². The average Bonchev–Trinajstić information content (AvgIpc) is 3.00. The summed E-state index contributed by atoms with van der Waals surface area (Å²) in [6, 6.07) is 8.13. The molecule has 1 aliphatic rings. The Morgan fingerprint density at radius 3 is 2.77 bits per heavy atom. The van der Waals surface area contributed by atoms with Crippen molar-refractivity contribution < 1.29 is 22.3 Å². The van der Waals surface area contributed by atoms with Gasteiger partial charge in [-0.3, -0.25) is 9.52 Å². The summed E-state index contributed by atoms with van der Waals surface area (Å²) in [7, 11) is -2.46. The van der Waals surface area contributed by atoms with Gasteiger partial charge in [0.25, 0.3) is 15.9 Å². The quantitative estimate of drug-likeness (QED) is 0.840. The number of amides is 1. The van der Waals surface area contributed by atoms with E-state index >= 15 is 0 Å². The van der Waals surface area contributed by atoms with Crippen LogP contribution in [0.15, 0.2) is 41.3 Å². The maximum Gasteiger partial charge on any atom is 0.261 e. The first-order valence-electron chi connectivity index (χ1n) is 7.72. The van der Waals surface area contributed by atoms with Gasteiger partial charge >= 0.3 is 0 Å². The molecule has 0 bridgehead atoms. The maximum atomic E-state index is 13.2. The molecular weight excluding hydrogens is 383 g/mol. The number of anilines is 2. The minimum Gasteiger partial charge on any atom is -0.375 e. The van der Waals surface area contributed by atoms with Crippen LogP contribution >= 0.6 is 11.6 Å². The van der Waals surface area contributed by atoms with E-state index in [2.05, 4.69) is 4.72 Å². The fraction of sp³-hybridized carbons (Fsp3) is 0.235. The molecule has 26 heavy (non-hydrogen) atoms. The van der Waals surface area contributed by atoms with Crippen molar-refractivity contribution in [3.63, 3.8) is 0 Å². The van der Waals surface area contributed by atoms with Crippen LogP contribution in [0.4, 0.5) is 15.8 Å². The number of methoxy groups -OCH3 is 1. The monoisotopic (exact) mass is 398 g/mol. The van der Waals surface area contributed by atoms with Crippen LogP contribution in [0.3, 0.4) is 0 Å². The van der Waals surface area contributed by atoms with Gasteiger partial charge in [0, 0.05) is 25.0 Å². The lowest BCUT2D eigenvalue weighted by Crippen LogP contribution is -2.31. The third kappa shape index (κ3) is 3.67. The minimum atomic E-state index is -3.91. The molecule has 0 unspecified atom stereocenters. The van der Waals surface area contributed by atoms with Gasteiger partial charge in [-0.25, -0.2) is 12.8 Å². The van der Waals surface area contributed by atoms with Crippen LogP contribution in [0.1, 0.15) is 5.56 Å². The molecule has 1 heterocycles. The number of carbonyl (C=O) groups is 1. The van der Waals surface area contributed by atoms with E-state index < -0.39 is 15.8 Å². The number of benzene rings is 2. The van der Waals surface area contributed by atoms with Crippen molar-refractivity contribution in [2.24, 2.45) is 0 Å². The molecule has 0 atom stereocenters. The summed E-state index contributed by atoms with van der Waals surface area (Å²) in [5, 5.41) is -0.269. The van der Waals surface area contributed by atoms with Gasteiger partial charge in [0.2, 0.25) is 0 Å². The van der Waals surface area contributed by atoms with Gasteiger partial charge in [-0.15, -0.1) is 0 Å². The number of sulfonamides is 1. The van der Waals surface area contributed by atoms with Crippen LogP contribution in [0.25, 0.3) is 0 Å². The highest BCUT2D eigenvalue weighted by molar-refractivity contribution is 7.92. The van der Waals surface area contributed by atoms with Crippen molar-refractivity contribution in [3.05, 3.63) is 52.8 Å². The lowest BCUT2D eigenvalue weighted by Gasteiger charge is -2.17. The topological polar surface area (TPSA) is 75.7 Å². The maximum absolute atomic E-state index is 13.2. The Morgan fingerprint density at radius 1 is 1.31 bits per heavy atom. The number of fused-ring (bicyclic) bond motifs is 1. The molecule has 6 nitrogen and oxygen atoms in total. The van der Waals surface area contributed by atoms with Crippen molar-refractivity contribution in [1.29, 1.82) is 0 Å². The normalized spacial score (nSPS) is 13.6. The Hall–Kier alpha value is -2.16. The largest absolute Gasteiger partial charge is 0.375 e. The predicted molar refractivity (Wildman–Crippen MR) is 96.6 cm³/mol. The van der Waals surface area contributed by atoms with E-state index in [1.807, 2.05) is 0 Å². The first-order valence-corrected chi connectivity index (χ1v) is 9.58. The molecular formula is C17H16ClFN2O4S. The van der Waals surface area contributed by atoms with E-state index in [9.17, 15) is 17.6 Å². The number of halogens is 2. The molecule has 0 aliphatic carbocycles. The molecule has 3 rings (SSSR count). The summed E-state index contributed by atoms with van der Waals surface area (Å²) in [6.07, 6.45) is 0.614. The SMILES string of the molecule is COCC(=O)N1CCc2cc(NS(=O)(=O)c3ccc(F)c(Cl)c3)ccc21. The standard InChI is InChI=1S/C17H16ClFN2O4S/c1-25-10-17(22)21-7-6-11-8-12(2-5-16(11)21)20-26(23,24)13-3-4-15(19)14(18)9-13/h2-5,8-9,20H,6-7,10H2,1H3. The van der Waals surface area contributed by atoms with Crippen LogP contribution in [0, 0.1) is 5.82 Å². The van der Waals surface area contributed by atoms with Gasteiger partial charge in [-0.05, 0) is 48.4 Å². The number of hydrogen-bond acceptors (Lipinski definition) is 4. The molecule has 0 aromatic heterocycles. The van der Waals surface area contributed by atoms with Crippen LogP contribution in [0.5, 0.6) is 0 Å². The van der Waals surface area contributed by atoms with Crippen LogP contribution in [-0.4, -0.2) is 34.6 Å². The zero-order valence-corrected chi connectivity index (χ0v) is 15.4. The highest BCUT2D eigenvalue weighted by atomic mass is 35.5. The van der Waals surface area contributed by atoms with Crippen molar-refractivity contribution in [2.75, 3.05) is 29.9 Å². The summed E-state index contributed by atoms with van der Waals surface area (Å²) in [6.45, 7) is 0.500. The molecule has 0 saturated heterocycles. The summed E-state index contributed by atoms with van der Waals surface area (Å²) in [5.41, 5.74) is 1.94. The number of carbonyl (C=O) groups excluding carboxylic acids is 1. The third-order valence-corrected chi connectivity index (χ3v) is 5.67. The molecule has 1 aliphatic heterocycles. The zero-order chi connectivity index (χ0) is 18.9. The molecule has 9 heteroatoms. The van der Waals surface area contributed by atoms with Gasteiger partial charge < -0.3 is 9.64 Å². The molecule has 0 saturated carbocycles. The summed E-state index contributed by atoms with van der Waals surface area (Å²) in [4.78, 5) is 13.5. The van der Waals surface area contributed by atoms with Crippen LogP contribution < -0.4 is 9.62 Å². The lowest BCUT2D eigenvalue weighted by atomic mass is 10.1. The van der Waals surface area contributed by atoms with Crippen molar-refractivity contribution in [2.45, 2.75) is 11.3 Å². The van der Waals surface area contributed by atoms with Crippen molar-refractivity contribution in [1.82, 2.24) is 0 Å². The number of nitrogens with zero attached hydrogens (tertiary/aromatic N) is 1. The Balaban J connectivity index is 1.83. The summed E-state index contributed by atoms with van der Waals surface area (Å²) in [5.74, 6) is -0.843. The molecule has 0 spiro atoms. The summed E-state index contributed by atoms with van der Waals surface area (Å²) < 4.78 is 45.4. The van der Waals surface area contributed by atoms with Gasteiger partial charge in [-0.2, -0.15) is 0 Å². The fourth-order valence-corrected chi connectivity index (χ4v) is 4.10. The first-order chi connectivity index (χ1) is 12.3. The predicted octanol–water partition coefficient (Wildman–Crippen LogP) is 2.82. The Kier molecular flexibility index (Phi) is 5.17. The second-order valence-electron chi connectivity index (χ2n) is 5.75. The average molecular weight is 399 g/mol. The fourth-order valence-electron chi connectivity index (χ4n) is 2.78. The van der Waals surface area contributed by atoms with Crippen LogP contribution in [-0.2, 0) is 26.0 Å². The van der Waals surface area contributed by atoms with E-state index in [0.717, 1.165) is 29.4 Å². The lowest BCUT2D eigenvalue weighted by molar-refractivity contribution is -0.122. The number of nitrogens with one attached hydrogen (secondary N) is 1. The van der Waals surface area contributed by atoms with Gasteiger partial charge in [0.15, 0.2) is 0 Å². The van der Waals surface area contributed by atoms with E-state index in [4.69, 9.17) is 16.3 Å². The number of ether oxygens (including phenoxy) is 1. The van der Waals surface area contributed by atoms with E-state index in [-0.39, 0.29) is 22.4 Å². The molecule has 2 aromatic carbocycles. The number of rotatable bonds is 5. The molecule has 0 radical (unpaired) electrons. The Bertz CT molecular complexity index is 965. The van der Waals surface area contributed by atoms with Crippen molar-refractivity contribution >= 4 is 38.9 Å². The smallest absolute Gasteiger partial charge is 0.261 e. The Morgan fingerprint density at radius 2 is 2.08 bits per heavy atom. The molecule has 2 aromatic rings. The molecule has 1 N–H and O–H groups in total. The second kappa shape index (κ2) is 7.22. The van der Waals surface area contributed by atoms with Crippen LogP contribution in [0.2, 0.25) is 5.02 Å². The number of hydrogen-bond donors (Lipinski definition) is 1. The zero-order valence-electron chi connectivity index (χ0n) is 13.8. The van der Waals surface area contributed by atoms with E-state index in [1.165, 1.54) is 7.11 Å². The molecule has 138 valence electrons. The highest BCUT2D eigenvalue weighted by Gasteiger charge is 2.25. The van der Waals surface area contributed by atoms with E-state index in [0.29, 0.717) is 18.7 Å². The Labute approximate surface area is 155 Å². The highest BCUT2D eigenvalue weighted by Crippen LogP contribution is 2.31. The van der Waals surface area contributed by atoms with Gasteiger partial charge in [0.05, 0.1) is 9.92 Å². The minimum absolute atomic E-state index is 0.0147. The molecule has 1 amide bonds. The third-order valence-electron chi connectivity index (χ3n) is 4.00. The van der Waals surface area contributed by atoms with Gasteiger partial charge in [-0.1, -0.05) is 11.6 Å². The van der Waals surface area contributed by atoms with Crippen molar-refractivity contribution in [3.8, 4) is 0 Å². The second-order valence-corrected chi connectivity index (χ2v) is 7.84.